The molecule has 0 aliphatic rings. The zero-order valence-corrected chi connectivity index (χ0v) is 8.42. The Balaban J connectivity index is 0. The maximum atomic E-state index is 8.99. The third-order valence-electron chi connectivity index (χ3n) is 1.60. The van der Waals surface area contributed by atoms with Crippen molar-refractivity contribution in [2.24, 2.45) is 5.92 Å². The van der Waals surface area contributed by atoms with Crippen molar-refractivity contribution < 1.29 is 9.84 Å². The molecule has 0 saturated heterocycles. The lowest BCUT2D eigenvalue weighted by Crippen LogP contribution is -2.14. The molecule has 0 radical (unpaired) electrons. The minimum Gasteiger partial charge on any atom is -0.393 e. The van der Waals surface area contributed by atoms with E-state index in [-0.39, 0.29) is 6.10 Å². The summed E-state index contributed by atoms with van der Waals surface area (Å²) in [5.41, 5.74) is 0. The van der Waals surface area contributed by atoms with E-state index in [1.54, 1.807) is 14.0 Å². The Labute approximate surface area is 70.6 Å². The molecule has 70 valence electrons. The molecule has 2 heteroatoms. The van der Waals surface area contributed by atoms with Gasteiger partial charge >= 0.3 is 0 Å². The van der Waals surface area contributed by atoms with Crippen LogP contribution in [0.3, 0.4) is 0 Å². The van der Waals surface area contributed by atoms with Gasteiger partial charge in [0, 0.05) is 13.7 Å². The van der Waals surface area contributed by atoms with Crippen LogP contribution in [0.5, 0.6) is 0 Å². The molecule has 2 nitrogen and oxygen atoms in total. The summed E-state index contributed by atoms with van der Waals surface area (Å²) in [7, 11) is 1.68. The highest BCUT2D eigenvalue weighted by Crippen LogP contribution is 2.06. The van der Waals surface area contributed by atoms with Gasteiger partial charge in [-0.3, -0.25) is 0 Å². The van der Waals surface area contributed by atoms with Crippen LogP contribution >= 0.6 is 0 Å². The second-order valence-corrected chi connectivity index (χ2v) is 2.50. The fourth-order valence-corrected chi connectivity index (χ4v) is 0.545. The van der Waals surface area contributed by atoms with E-state index in [2.05, 4.69) is 0 Å². The Bertz CT molecular complexity index is 62.6. The van der Waals surface area contributed by atoms with Crippen molar-refractivity contribution in [1.29, 1.82) is 0 Å². The molecule has 0 aromatic carbocycles. The van der Waals surface area contributed by atoms with E-state index >= 15 is 0 Å². The monoisotopic (exact) mass is 162 g/mol. The first kappa shape index (κ1) is 13.5. The Morgan fingerprint density at radius 2 is 1.73 bits per heavy atom. The van der Waals surface area contributed by atoms with Gasteiger partial charge in [0.25, 0.3) is 0 Å². The van der Waals surface area contributed by atoms with Crippen LogP contribution in [0.25, 0.3) is 0 Å². The summed E-state index contributed by atoms with van der Waals surface area (Å²) in [6.07, 6.45) is 0.730. The highest BCUT2D eigenvalue weighted by atomic mass is 16.5. The average Bonchev–Trinajstić information content (AvgIpc) is 2.03. The van der Waals surface area contributed by atoms with Crippen LogP contribution in [0.1, 0.15) is 34.1 Å². The molecule has 1 N–H and O–H groups in total. The van der Waals surface area contributed by atoms with Gasteiger partial charge in [-0.05, 0) is 19.3 Å². The van der Waals surface area contributed by atoms with Crippen LogP contribution in [0.4, 0.5) is 0 Å². The van der Waals surface area contributed by atoms with Gasteiger partial charge in [-0.15, -0.1) is 0 Å². The molecule has 0 saturated carbocycles. The normalized spacial score (nSPS) is 14.7. The Hall–Kier alpha value is -0.0800. The second-order valence-electron chi connectivity index (χ2n) is 2.50. The van der Waals surface area contributed by atoms with Gasteiger partial charge in [0.2, 0.25) is 0 Å². The molecule has 0 heterocycles. The fraction of sp³-hybridized carbons (Fsp3) is 1.00. The predicted octanol–water partition coefficient (Wildman–Crippen LogP) is 2.07. The summed E-state index contributed by atoms with van der Waals surface area (Å²) in [4.78, 5) is 0. The van der Waals surface area contributed by atoms with Crippen molar-refractivity contribution in [2.45, 2.75) is 40.2 Å². The zero-order valence-electron chi connectivity index (χ0n) is 8.42. The van der Waals surface area contributed by atoms with Crippen LogP contribution in [0, 0.1) is 5.92 Å². The van der Waals surface area contributed by atoms with E-state index in [4.69, 9.17) is 9.84 Å². The van der Waals surface area contributed by atoms with E-state index in [0.29, 0.717) is 5.92 Å². The van der Waals surface area contributed by atoms with E-state index in [0.717, 1.165) is 13.0 Å². The Morgan fingerprint density at radius 3 is 2.00 bits per heavy atom. The zero-order chi connectivity index (χ0) is 9.28. The minimum atomic E-state index is -0.208. The predicted molar refractivity (Wildman–Crippen MR) is 48.7 cm³/mol. The number of ether oxygens (including phenoxy) is 1. The van der Waals surface area contributed by atoms with Gasteiger partial charge in [0.15, 0.2) is 0 Å². The maximum absolute atomic E-state index is 8.99. The van der Waals surface area contributed by atoms with Gasteiger partial charge in [-0.1, -0.05) is 20.8 Å². The summed E-state index contributed by atoms with van der Waals surface area (Å²) in [5.74, 6) is 0.352. The van der Waals surface area contributed by atoms with Crippen LogP contribution in [-0.2, 0) is 4.74 Å². The van der Waals surface area contributed by atoms with Crippen molar-refractivity contribution in [3.05, 3.63) is 0 Å². The lowest BCUT2D eigenvalue weighted by Gasteiger charge is -2.12. The molecule has 2 atom stereocenters. The van der Waals surface area contributed by atoms with Gasteiger partial charge in [-0.2, -0.15) is 0 Å². The number of methoxy groups -OCH3 is 1. The molecule has 0 aromatic rings. The smallest absolute Gasteiger partial charge is 0.0538 e. The summed E-state index contributed by atoms with van der Waals surface area (Å²) in [5, 5.41) is 8.99. The Kier molecular flexibility index (Phi) is 12.2. The number of aliphatic hydroxyl groups excluding tert-OH is 1. The van der Waals surface area contributed by atoms with E-state index in [1.807, 2.05) is 20.8 Å². The van der Waals surface area contributed by atoms with Crippen molar-refractivity contribution in [3.63, 3.8) is 0 Å². The van der Waals surface area contributed by atoms with Crippen LogP contribution in [0.2, 0.25) is 0 Å². The highest BCUT2D eigenvalue weighted by Gasteiger charge is 2.06. The molecule has 11 heavy (non-hydrogen) atoms. The van der Waals surface area contributed by atoms with Crippen LogP contribution in [-0.4, -0.2) is 24.9 Å². The average molecular weight is 162 g/mol. The molecule has 0 unspecified atom stereocenters. The van der Waals surface area contributed by atoms with Gasteiger partial charge in [-0.25, -0.2) is 0 Å². The van der Waals surface area contributed by atoms with Crippen molar-refractivity contribution in [2.75, 3.05) is 13.7 Å². The number of hydrogen-bond acceptors (Lipinski definition) is 2. The lowest BCUT2D eigenvalue weighted by atomic mass is 10.0. The van der Waals surface area contributed by atoms with Gasteiger partial charge in [0.1, 0.15) is 0 Å². The third-order valence-corrected chi connectivity index (χ3v) is 1.60. The van der Waals surface area contributed by atoms with Gasteiger partial charge in [0.05, 0.1) is 6.10 Å². The van der Waals surface area contributed by atoms with E-state index in [9.17, 15) is 0 Å². The summed E-state index contributed by atoms with van der Waals surface area (Å²) in [6.45, 7) is 8.57. The summed E-state index contributed by atoms with van der Waals surface area (Å²) < 4.78 is 4.85. The quantitative estimate of drug-likeness (QED) is 0.685. The largest absolute Gasteiger partial charge is 0.393 e. The second kappa shape index (κ2) is 9.92. The molecule has 0 bridgehead atoms. The summed E-state index contributed by atoms with van der Waals surface area (Å²) in [6, 6.07) is 0. The van der Waals surface area contributed by atoms with Crippen molar-refractivity contribution in [3.8, 4) is 0 Å². The molecule has 0 spiro atoms. The molecule has 0 aliphatic carbocycles. The molecule has 0 fully saturated rings. The first-order chi connectivity index (χ1) is 5.18. The maximum Gasteiger partial charge on any atom is 0.0538 e. The first-order valence-corrected chi connectivity index (χ1v) is 4.35. The summed E-state index contributed by atoms with van der Waals surface area (Å²) >= 11 is 0. The van der Waals surface area contributed by atoms with E-state index in [1.165, 1.54) is 0 Å². The van der Waals surface area contributed by atoms with Crippen LogP contribution < -0.4 is 0 Å². The highest BCUT2D eigenvalue weighted by molar-refractivity contribution is 4.57. The molecular formula is C9H22O2. The number of rotatable bonds is 4. The van der Waals surface area contributed by atoms with Gasteiger partial charge < -0.3 is 9.84 Å². The SMILES string of the molecule is CC.COCC[C@H](C)[C@@H](C)O. The molecular weight excluding hydrogens is 140 g/mol. The number of hydrogen-bond donors (Lipinski definition) is 1. The van der Waals surface area contributed by atoms with Crippen molar-refractivity contribution >= 4 is 0 Å². The van der Waals surface area contributed by atoms with Crippen LogP contribution in [0.15, 0.2) is 0 Å². The molecule has 0 amide bonds. The lowest BCUT2D eigenvalue weighted by molar-refractivity contribution is 0.102. The standard InChI is InChI=1S/C7H16O2.C2H6/c1-6(7(2)8)4-5-9-3;1-2/h6-8H,4-5H2,1-3H3;1-2H3/t6-,7+;/m0./s1. The fourth-order valence-electron chi connectivity index (χ4n) is 0.545. The molecule has 0 aliphatic heterocycles. The number of aliphatic hydroxyl groups is 1. The minimum absolute atomic E-state index is 0.208. The Morgan fingerprint density at radius 1 is 1.27 bits per heavy atom. The topological polar surface area (TPSA) is 29.5 Å². The molecule has 0 aromatic heterocycles. The van der Waals surface area contributed by atoms with E-state index < -0.39 is 0 Å². The molecule has 0 rings (SSSR count). The van der Waals surface area contributed by atoms with Crippen molar-refractivity contribution in [1.82, 2.24) is 0 Å². The third kappa shape index (κ3) is 9.92. The first-order valence-electron chi connectivity index (χ1n) is 4.35.